The van der Waals surface area contributed by atoms with Crippen LogP contribution in [0.2, 0.25) is 5.02 Å². The first-order valence-corrected chi connectivity index (χ1v) is 7.76. The van der Waals surface area contributed by atoms with E-state index in [1.807, 2.05) is 0 Å². The third-order valence-electron chi connectivity index (χ3n) is 2.58. The van der Waals surface area contributed by atoms with Crippen molar-refractivity contribution in [3.05, 3.63) is 41.3 Å². The third-order valence-corrected chi connectivity index (χ3v) is 4.42. The molecule has 1 aromatic carbocycles. The molecule has 0 bridgehead atoms. The average Bonchev–Trinajstić information content (AvgIpc) is 2.84. The summed E-state index contributed by atoms with van der Waals surface area (Å²) in [5.74, 6) is -1.19. The fraction of sp³-hybridized carbons (Fsp3) is 0.167. The lowest BCUT2D eigenvalue weighted by Gasteiger charge is -2.07. The minimum atomic E-state index is -4.02. The van der Waals surface area contributed by atoms with E-state index in [2.05, 4.69) is 14.6 Å². The topological polar surface area (TPSA) is 90.3 Å². The Labute approximate surface area is 130 Å². The monoisotopic (exact) mass is 347 g/mol. The molecule has 2 rings (SSSR count). The fourth-order valence-electron chi connectivity index (χ4n) is 1.59. The molecule has 0 amide bonds. The summed E-state index contributed by atoms with van der Waals surface area (Å²) in [6.07, 6.45) is 1.40. The number of ether oxygens (including phenoxy) is 1. The number of benzene rings is 1. The number of rotatable bonds is 5. The molecular weight excluding hydrogens is 337 g/mol. The van der Waals surface area contributed by atoms with E-state index >= 15 is 0 Å². The van der Waals surface area contributed by atoms with Crippen LogP contribution in [-0.4, -0.2) is 31.3 Å². The van der Waals surface area contributed by atoms with Gasteiger partial charge in [-0.15, -0.1) is 0 Å². The number of aromatic nitrogens is 2. The second-order valence-electron chi connectivity index (χ2n) is 4.15. The van der Waals surface area contributed by atoms with Crippen LogP contribution in [0.3, 0.4) is 0 Å². The first-order valence-electron chi connectivity index (χ1n) is 5.90. The SMILES string of the molecule is COC(=O)Cn1ccc(NS(=O)(=O)c2ccc(F)cc2Cl)n1. The molecule has 0 aliphatic rings. The fourth-order valence-corrected chi connectivity index (χ4v) is 3.12. The molecule has 1 aromatic heterocycles. The molecule has 1 heterocycles. The van der Waals surface area contributed by atoms with Crippen molar-refractivity contribution >= 4 is 33.4 Å². The zero-order valence-corrected chi connectivity index (χ0v) is 12.9. The van der Waals surface area contributed by atoms with E-state index in [0.717, 1.165) is 18.2 Å². The number of anilines is 1. The van der Waals surface area contributed by atoms with Crippen LogP contribution in [0.4, 0.5) is 10.2 Å². The molecular formula is C12H11ClFN3O4S. The predicted molar refractivity (Wildman–Crippen MR) is 76.5 cm³/mol. The first-order chi connectivity index (χ1) is 10.3. The Kier molecular flexibility index (Phi) is 4.67. The molecule has 0 fully saturated rings. The highest BCUT2D eigenvalue weighted by molar-refractivity contribution is 7.92. The predicted octanol–water partition coefficient (Wildman–Crippen LogP) is 1.65. The number of methoxy groups -OCH3 is 1. The lowest BCUT2D eigenvalue weighted by Crippen LogP contribution is -2.15. The Morgan fingerprint density at radius 2 is 2.18 bits per heavy atom. The number of hydrogen-bond acceptors (Lipinski definition) is 5. The van der Waals surface area contributed by atoms with E-state index in [0.29, 0.717) is 0 Å². The normalized spacial score (nSPS) is 11.2. The minimum absolute atomic E-state index is 0.00991. The van der Waals surface area contributed by atoms with Crippen molar-refractivity contribution < 1.29 is 22.3 Å². The van der Waals surface area contributed by atoms with E-state index in [1.54, 1.807) is 0 Å². The molecule has 0 aliphatic carbocycles. The lowest BCUT2D eigenvalue weighted by atomic mass is 10.3. The zero-order valence-electron chi connectivity index (χ0n) is 11.3. The second-order valence-corrected chi connectivity index (χ2v) is 6.21. The van der Waals surface area contributed by atoms with Crippen LogP contribution in [0, 0.1) is 5.82 Å². The molecule has 22 heavy (non-hydrogen) atoms. The smallest absolute Gasteiger partial charge is 0.327 e. The molecule has 0 unspecified atom stereocenters. The lowest BCUT2D eigenvalue weighted by molar-refractivity contribution is -0.141. The zero-order chi connectivity index (χ0) is 16.3. The van der Waals surface area contributed by atoms with Crippen LogP contribution in [0.1, 0.15) is 0 Å². The van der Waals surface area contributed by atoms with Gasteiger partial charge in [-0.05, 0) is 18.2 Å². The Morgan fingerprint density at radius 1 is 1.45 bits per heavy atom. The van der Waals surface area contributed by atoms with Gasteiger partial charge < -0.3 is 4.74 Å². The van der Waals surface area contributed by atoms with Gasteiger partial charge in [0.1, 0.15) is 17.3 Å². The molecule has 1 N–H and O–H groups in total. The maximum atomic E-state index is 13.0. The average molecular weight is 348 g/mol. The van der Waals surface area contributed by atoms with Crippen LogP contribution < -0.4 is 4.72 Å². The molecule has 0 radical (unpaired) electrons. The molecule has 0 saturated carbocycles. The van der Waals surface area contributed by atoms with Crippen molar-refractivity contribution in [2.45, 2.75) is 11.4 Å². The molecule has 0 spiro atoms. The van der Waals surface area contributed by atoms with E-state index in [-0.39, 0.29) is 22.3 Å². The van der Waals surface area contributed by atoms with Crippen LogP contribution in [0.5, 0.6) is 0 Å². The van der Waals surface area contributed by atoms with Gasteiger partial charge in [0.15, 0.2) is 5.82 Å². The van der Waals surface area contributed by atoms with E-state index in [4.69, 9.17) is 11.6 Å². The maximum absolute atomic E-state index is 13.0. The van der Waals surface area contributed by atoms with Gasteiger partial charge in [0.25, 0.3) is 10.0 Å². The van der Waals surface area contributed by atoms with Gasteiger partial charge in [0.2, 0.25) is 0 Å². The molecule has 0 aliphatic heterocycles. The van der Waals surface area contributed by atoms with Crippen LogP contribution in [-0.2, 0) is 26.1 Å². The maximum Gasteiger partial charge on any atom is 0.327 e. The summed E-state index contributed by atoms with van der Waals surface area (Å²) in [5.41, 5.74) is 0. The van der Waals surface area contributed by atoms with E-state index < -0.39 is 21.8 Å². The Morgan fingerprint density at radius 3 is 2.82 bits per heavy atom. The highest BCUT2D eigenvalue weighted by Gasteiger charge is 2.19. The Hall–Kier alpha value is -2.13. The summed E-state index contributed by atoms with van der Waals surface area (Å²) in [5, 5.41) is 3.62. The quantitative estimate of drug-likeness (QED) is 0.830. The number of nitrogens with zero attached hydrogens (tertiary/aromatic N) is 2. The molecule has 118 valence electrons. The summed E-state index contributed by atoms with van der Waals surface area (Å²) in [6.45, 7) is -0.157. The Balaban J connectivity index is 2.20. The molecule has 0 saturated heterocycles. The van der Waals surface area contributed by atoms with Gasteiger partial charge in [-0.3, -0.25) is 14.2 Å². The summed E-state index contributed by atoms with van der Waals surface area (Å²) >= 11 is 5.73. The number of nitrogens with one attached hydrogen (secondary N) is 1. The third kappa shape index (κ3) is 3.74. The van der Waals surface area contributed by atoms with Gasteiger partial charge in [-0.1, -0.05) is 11.6 Å². The summed E-state index contributed by atoms with van der Waals surface area (Å²) in [6, 6.07) is 4.28. The number of halogens is 2. The minimum Gasteiger partial charge on any atom is -0.468 e. The molecule has 10 heteroatoms. The van der Waals surface area contributed by atoms with Gasteiger partial charge >= 0.3 is 5.97 Å². The molecule has 0 atom stereocenters. The van der Waals surface area contributed by atoms with Crippen molar-refractivity contribution in [2.75, 3.05) is 11.8 Å². The standard InChI is InChI=1S/C12H11ClFN3O4S/c1-21-12(18)7-17-5-4-11(15-17)16-22(19,20)10-3-2-8(14)6-9(10)13/h2-6H,7H2,1H3,(H,15,16). The van der Waals surface area contributed by atoms with Crippen LogP contribution in [0.15, 0.2) is 35.4 Å². The van der Waals surface area contributed by atoms with E-state index in [9.17, 15) is 17.6 Å². The van der Waals surface area contributed by atoms with Gasteiger partial charge in [0.05, 0.1) is 12.1 Å². The molecule has 7 nitrogen and oxygen atoms in total. The number of carbonyl (C=O) groups is 1. The largest absolute Gasteiger partial charge is 0.468 e. The summed E-state index contributed by atoms with van der Waals surface area (Å²) < 4.78 is 45.1. The second kappa shape index (κ2) is 6.32. The van der Waals surface area contributed by atoms with E-state index in [1.165, 1.54) is 24.1 Å². The van der Waals surface area contributed by atoms with Crippen molar-refractivity contribution in [3.63, 3.8) is 0 Å². The van der Waals surface area contributed by atoms with Gasteiger partial charge in [-0.25, -0.2) is 12.8 Å². The number of sulfonamides is 1. The first kappa shape index (κ1) is 16.2. The van der Waals surface area contributed by atoms with Crippen molar-refractivity contribution in [3.8, 4) is 0 Å². The van der Waals surface area contributed by atoms with Gasteiger partial charge in [-0.2, -0.15) is 5.10 Å². The molecule has 2 aromatic rings. The summed E-state index contributed by atoms with van der Waals surface area (Å²) in [4.78, 5) is 10.8. The summed E-state index contributed by atoms with van der Waals surface area (Å²) in [7, 11) is -2.79. The number of hydrogen-bond donors (Lipinski definition) is 1. The highest BCUT2D eigenvalue weighted by atomic mass is 35.5. The van der Waals surface area contributed by atoms with Crippen LogP contribution in [0.25, 0.3) is 0 Å². The van der Waals surface area contributed by atoms with Crippen molar-refractivity contribution in [1.29, 1.82) is 0 Å². The van der Waals surface area contributed by atoms with Crippen LogP contribution >= 0.6 is 11.6 Å². The van der Waals surface area contributed by atoms with Crippen molar-refractivity contribution in [2.24, 2.45) is 0 Å². The van der Waals surface area contributed by atoms with Gasteiger partial charge in [0, 0.05) is 12.3 Å². The number of carbonyl (C=O) groups excluding carboxylic acids is 1. The Bertz CT molecular complexity index is 806. The number of esters is 1. The highest BCUT2D eigenvalue weighted by Crippen LogP contribution is 2.24. The van der Waals surface area contributed by atoms with Crippen molar-refractivity contribution in [1.82, 2.24) is 9.78 Å².